The number of hydrogen-bond acceptors (Lipinski definition) is 2. The molecule has 1 N–H and O–H groups in total. The lowest BCUT2D eigenvalue weighted by Crippen LogP contribution is -2.21. The highest BCUT2D eigenvalue weighted by Crippen LogP contribution is 2.34. The number of rotatable bonds is 5. The van der Waals surface area contributed by atoms with Gasteiger partial charge in [-0.05, 0) is 35.6 Å². The van der Waals surface area contributed by atoms with E-state index in [-0.39, 0.29) is 0 Å². The van der Waals surface area contributed by atoms with Crippen molar-refractivity contribution in [3.63, 3.8) is 0 Å². The molecular formula is C15H20ClNS. The first kappa shape index (κ1) is 13.9. The summed E-state index contributed by atoms with van der Waals surface area (Å²) in [4.78, 5) is 1.46. The molecule has 0 saturated carbocycles. The topological polar surface area (TPSA) is 12.0 Å². The second kappa shape index (κ2) is 6.05. The third-order valence-electron chi connectivity index (χ3n) is 3.01. The quantitative estimate of drug-likeness (QED) is 0.813. The first-order valence-corrected chi connectivity index (χ1v) is 7.74. The fourth-order valence-electron chi connectivity index (χ4n) is 2.14. The lowest BCUT2D eigenvalue weighted by Gasteiger charge is -2.08. The van der Waals surface area contributed by atoms with Crippen molar-refractivity contribution in [1.82, 2.24) is 5.32 Å². The van der Waals surface area contributed by atoms with E-state index in [1.54, 1.807) is 0 Å². The van der Waals surface area contributed by atoms with Crippen molar-refractivity contribution in [2.75, 3.05) is 0 Å². The van der Waals surface area contributed by atoms with Crippen LogP contribution in [-0.2, 0) is 13.0 Å². The molecule has 2 aromatic rings. The highest BCUT2D eigenvalue weighted by molar-refractivity contribution is 7.19. The molecule has 0 radical (unpaired) electrons. The molecule has 1 nitrogen and oxygen atoms in total. The summed E-state index contributed by atoms with van der Waals surface area (Å²) in [6, 6.07) is 6.75. The van der Waals surface area contributed by atoms with E-state index in [9.17, 15) is 0 Å². The van der Waals surface area contributed by atoms with E-state index in [4.69, 9.17) is 11.6 Å². The van der Waals surface area contributed by atoms with Gasteiger partial charge in [0, 0.05) is 27.2 Å². The fourth-order valence-corrected chi connectivity index (χ4v) is 3.49. The van der Waals surface area contributed by atoms with Crippen LogP contribution < -0.4 is 5.32 Å². The van der Waals surface area contributed by atoms with Crippen LogP contribution in [0.1, 0.15) is 37.6 Å². The zero-order chi connectivity index (χ0) is 13.1. The standard InChI is InChI=1S/C15H20ClNS/c1-4-5-12-13-8-11(16)6-7-14(13)18-15(12)9-17-10(2)3/h6-8,10,17H,4-5,9H2,1-3H3. The second-order valence-electron chi connectivity index (χ2n) is 4.93. The Morgan fingerprint density at radius 3 is 2.78 bits per heavy atom. The van der Waals surface area contributed by atoms with Gasteiger partial charge in [0.25, 0.3) is 0 Å². The molecule has 0 saturated heterocycles. The molecule has 0 spiro atoms. The smallest absolute Gasteiger partial charge is 0.0413 e. The van der Waals surface area contributed by atoms with Crippen molar-refractivity contribution < 1.29 is 0 Å². The molecule has 0 bridgehead atoms. The molecule has 0 aliphatic heterocycles. The number of halogens is 1. The van der Waals surface area contributed by atoms with Gasteiger partial charge in [-0.1, -0.05) is 38.8 Å². The summed E-state index contributed by atoms with van der Waals surface area (Å²) in [7, 11) is 0. The zero-order valence-electron chi connectivity index (χ0n) is 11.2. The minimum absolute atomic E-state index is 0.522. The van der Waals surface area contributed by atoms with E-state index >= 15 is 0 Å². The number of hydrogen-bond donors (Lipinski definition) is 1. The maximum absolute atomic E-state index is 6.12. The van der Waals surface area contributed by atoms with Crippen LogP contribution in [0, 0.1) is 0 Å². The van der Waals surface area contributed by atoms with Crippen LogP contribution in [-0.4, -0.2) is 6.04 Å². The van der Waals surface area contributed by atoms with Gasteiger partial charge in [-0.15, -0.1) is 11.3 Å². The van der Waals surface area contributed by atoms with E-state index in [2.05, 4.69) is 38.2 Å². The third-order valence-corrected chi connectivity index (χ3v) is 4.46. The zero-order valence-corrected chi connectivity index (χ0v) is 12.8. The summed E-state index contributed by atoms with van der Waals surface area (Å²) < 4.78 is 1.35. The first-order chi connectivity index (χ1) is 8.61. The molecule has 1 aromatic carbocycles. The van der Waals surface area contributed by atoms with Crippen LogP contribution in [0.25, 0.3) is 10.1 Å². The molecule has 2 rings (SSSR count). The molecule has 0 amide bonds. The maximum atomic E-state index is 6.12. The van der Waals surface area contributed by atoms with Crippen molar-refractivity contribution in [2.24, 2.45) is 0 Å². The van der Waals surface area contributed by atoms with Gasteiger partial charge in [-0.25, -0.2) is 0 Å². The Morgan fingerprint density at radius 2 is 2.11 bits per heavy atom. The SMILES string of the molecule is CCCc1c(CNC(C)C)sc2ccc(Cl)cc12. The van der Waals surface area contributed by atoms with E-state index in [1.165, 1.54) is 26.9 Å². The second-order valence-corrected chi connectivity index (χ2v) is 6.50. The summed E-state index contributed by atoms with van der Waals surface area (Å²) in [6.45, 7) is 7.56. The van der Waals surface area contributed by atoms with Gasteiger partial charge in [-0.3, -0.25) is 0 Å². The van der Waals surface area contributed by atoms with Crippen LogP contribution in [0.5, 0.6) is 0 Å². The molecule has 98 valence electrons. The van der Waals surface area contributed by atoms with Gasteiger partial charge in [0.05, 0.1) is 0 Å². The highest BCUT2D eigenvalue weighted by atomic mass is 35.5. The summed E-state index contributed by atoms with van der Waals surface area (Å²) in [5, 5.41) is 5.69. The Hall–Kier alpha value is -0.570. The fraction of sp³-hybridized carbons (Fsp3) is 0.467. The molecule has 3 heteroatoms. The summed E-state index contributed by atoms with van der Waals surface area (Å²) in [6.07, 6.45) is 2.31. The number of aryl methyl sites for hydroxylation is 1. The predicted molar refractivity (Wildman–Crippen MR) is 82.8 cm³/mol. The summed E-state index contributed by atoms with van der Waals surface area (Å²) in [5.74, 6) is 0. The predicted octanol–water partition coefficient (Wildman–Crippen LogP) is 5.01. The van der Waals surface area contributed by atoms with Gasteiger partial charge in [0.15, 0.2) is 0 Å². The van der Waals surface area contributed by atoms with E-state index in [0.29, 0.717) is 6.04 Å². The lowest BCUT2D eigenvalue weighted by atomic mass is 10.1. The normalized spacial score (nSPS) is 11.6. The molecule has 1 aromatic heterocycles. The van der Waals surface area contributed by atoms with Crippen LogP contribution >= 0.6 is 22.9 Å². The average Bonchev–Trinajstić information content (AvgIpc) is 2.65. The molecule has 0 atom stereocenters. The molecule has 18 heavy (non-hydrogen) atoms. The van der Waals surface area contributed by atoms with E-state index in [0.717, 1.165) is 18.0 Å². The Bertz CT molecular complexity index is 531. The lowest BCUT2D eigenvalue weighted by molar-refractivity contribution is 0.591. The summed E-state index contributed by atoms with van der Waals surface area (Å²) in [5.41, 5.74) is 1.48. The molecule has 0 aliphatic carbocycles. The van der Waals surface area contributed by atoms with Crippen molar-refractivity contribution in [2.45, 2.75) is 46.2 Å². The van der Waals surface area contributed by atoms with Crippen molar-refractivity contribution in [1.29, 1.82) is 0 Å². The van der Waals surface area contributed by atoms with Crippen molar-refractivity contribution in [3.8, 4) is 0 Å². The Labute approximate surface area is 118 Å². The Morgan fingerprint density at radius 1 is 1.33 bits per heavy atom. The molecular weight excluding hydrogens is 262 g/mol. The van der Waals surface area contributed by atoms with Crippen LogP contribution in [0.3, 0.4) is 0 Å². The molecule has 0 fully saturated rings. The molecule has 1 heterocycles. The molecule has 0 aliphatic rings. The van der Waals surface area contributed by atoms with Gasteiger partial charge in [0.2, 0.25) is 0 Å². The van der Waals surface area contributed by atoms with Gasteiger partial charge in [0.1, 0.15) is 0 Å². The third kappa shape index (κ3) is 3.05. The minimum Gasteiger partial charge on any atom is -0.310 e. The number of benzene rings is 1. The number of thiophene rings is 1. The Balaban J connectivity index is 2.41. The average molecular weight is 282 g/mol. The highest BCUT2D eigenvalue weighted by Gasteiger charge is 2.11. The first-order valence-electron chi connectivity index (χ1n) is 6.55. The van der Waals surface area contributed by atoms with Crippen molar-refractivity contribution in [3.05, 3.63) is 33.7 Å². The number of nitrogens with one attached hydrogen (secondary N) is 1. The van der Waals surface area contributed by atoms with Gasteiger partial charge in [-0.2, -0.15) is 0 Å². The molecule has 0 unspecified atom stereocenters. The Kier molecular flexibility index (Phi) is 4.66. The monoisotopic (exact) mass is 281 g/mol. The largest absolute Gasteiger partial charge is 0.310 e. The number of fused-ring (bicyclic) bond motifs is 1. The van der Waals surface area contributed by atoms with Gasteiger partial charge < -0.3 is 5.32 Å². The van der Waals surface area contributed by atoms with E-state index < -0.39 is 0 Å². The van der Waals surface area contributed by atoms with E-state index in [1.807, 2.05) is 17.4 Å². The van der Waals surface area contributed by atoms with Crippen LogP contribution in [0.2, 0.25) is 5.02 Å². The van der Waals surface area contributed by atoms with Crippen LogP contribution in [0.15, 0.2) is 18.2 Å². The maximum Gasteiger partial charge on any atom is 0.0413 e. The summed E-state index contributed by atoms with van der Waals surface area (Å²) >= 11 is 8.01. The van der Waals surface area contributed by atoms with Gasteiger partial charge >= 0.3 is 0 Å². The van der Waals surface area contributed by atoms with Crippen molar-refractivity contribution >= 4 is 33.0 Å². The minimum atomic E-state index is 0.522. The van der Waals surface area contributed by atoms with Crippen LogP contribution in [0.4, 0.5) is 0 Å².